The molecule has 1 aromatic carbocycles. The van der Waals surface area contributed by atoms with Crippen molar-refractivity contribution in [2.45, 2.75) is 32.6 Å². The first-order chi connectivity index (χ1) is 9.54. The number of halogens is 2. The molecule has 0 aliphatic rings. The molecular formula is C14H19BrClNO3S. The molecule has 0 aliphatic heterocycles. The second-order valence-corrected chi connectivity index (χ2v) is 8.84. The van der Waals surface area contributed by atoms with E-state index in [9.17, 15) is 13.2 Å². The SMILES string of the molecule is Cc1c(Br)cc(C(=O)NCC(C)C(C)C)cc1S(=O)(=O)Cl. The van der Waals surface area contributed by atoms with Crippen LogP contribution < -0.4 is 5.32 Å². The Labute approximate surface area is 138 Å². The molecule has 0 heterocycles. The average molecular weight is 397 g/mol. The van der Waals surface area contributed by atoms with E-state index >= 15 is 0 Å². The molecule has 0 fully saturated rings. The summed E-state index contributed by atoms with van der Waals surface area (Å²) >= 11 is 3.26. The fourth-order valence-corrected chi connectivity index (χ4v) is 3.45. The summed E-state index contributed by atoms with van der Waals surface area (Å²) in [5.41, 5.74) is 0.750. The van der Waals surface area contributed by atoms with Crippen LogP contribution in [0, 0.1) is 18.8 Å². The Morgan fingerprint density at radius 1 is 1.33 bits per heavy atom. The van der Waals surface area contributed by atoms with Crippen LogP contribution in [0.3, 0.4) is 0 Å². The van der Waals surface area contributed by atoms with Gasteiger partial charge in [-0.25, -0.2) is 8.42 Å². The number of nitrogens with one attached hydrogen (secondary N) is 1. The van der Waals surface area contributed by atoms with Crippen LogP contribution in [0.4, 0.5) is 0 Å². The predicted octanol–water partition coefficient (Wildman–Crippen LogP) is 3.71. The molecule has 0 saturated carbocycles. The lowest BCUT2D eigenvalue weighted by molar-refractivity contribution is 0.0944. The highest BCUT2D eigenvalue weighted by Gasteiger charge is 2.19. The van der Waals surface area contributed by atoms with Gasteiger partial charge in [0.25, 0.3) is 15.0 Å². The van der Waals surface area contributed by atoms with Gasteiger partial charge in [0.1, 0.15) is 0 Å². The number of hydrogen-bond acceptors (Lipinski definition) is 3. The highest BCUT2D eigenvalue weighted by molar-refractivity contribution is 9.10. The number of rotatable bonds is 5. The van der Waals surface area contributed by atoms with E-state index in [1.54, 1.807) is 13.0 Å². The lowest BCUT2D eigenvalue weighted by Crippen LogP contribution is -2.30. The van der Waals surface area contributed by atoms with Gasteiger partial charge < -0.3 is 5.32 Å². The number of amides is 1. The molecule has 0 radical (unpaired) electrons. The summed E-state index contributed by atoms with van der Waals surface area (Å²) < 4.78 is 23.6. The predicted molar refractivity (Wildman–Crippen MR) is 88.3 cm³/mol. The van der Waals surface area contributed by atoms with Crippen molar-refractivity contribution in [3.05, 3.63) is 27.7 Å². The molecule has 0 aromatic heterocycles. The minimum absolute atomic E-state index is 0.0550. The lowest BCUT2D eigenvalue weighted by atomic mass is 9.98. The zero-order valence-electron chi connectivity index (χ0n) is 12.4. The van der Waals surface area contributed by atoms with Crippen molar-refractivity contribution in [3.63, 3.8) is 0 Å². The molecule has 1 atom stereocenters. The molecule has 0 bridgehead atoms. The zero-order chi connectivity index (χ0) is 16.4. The van der Waals surface area contributed by atoms with Gasteiger partial charge in [0.05, 0.1) is 4.90 Å². The Morgan fingerprint density at radius 3 is 2.38 bits per heavy atom. The molecule has 118 valence electrons. The van der Waals surface area contributed by atoms with Crippen molar-refractivity contribution in [2.24, 2.45) is 11.8 Å². The molecule has 0 aliphatic carbocycles. The molecule has 21 heavy (non-hydrogen) atoms. The zero-order valence-corrected chi connectivity index (χ0v) is 15.6. The van der Waals surface area contributed by atoms with Gasteiger partial charge in [0.2, 0.25) is 0 Å². The Hall–Kier alpha value is -0.590. The first-order valence-corrected chi connectivity index (χ1v) is 9.67. The van der Waals surface area contributed by atoms with Crippen LogP contribution in [0.1, 0.15) is 36.7 Å². The van der Waals surface area contributed by atoms with E-state index in [0.717, 1.165) is 0 Å². The molecule has 0 spiro atoms. The molecule has 4 nitrogen and oxygen atoms in total. The van der Waals surface area contributed by atoms with E-state index in [0.29, 0.717) is 28.4 Å². The van der Waals surface area contributed by atoms with Crippen molar-refractivity contribution in [3.8, 4) is 0 Å². The van der Waals surface area contributed by atoms with Crippen molar-refractivity contribution in [1.29, 1.82) is 0 Å². The molecule has 1 amide bonds. The van der Waals surface area contributed by atoms with Crippen LogP contribution in [0.25, 0.3) is 0 Å². The third-order valence-electron chi connectivity index (χ3n) is 3.54. The fraction of sp³-hybridized carbons (Fsp3) is 0.500. The quantitative estimate of drug-likeness (QED) is 0.772. The summed E-state index contributed by atoms with van der Waals surface area (Å²) in [6, 6.07) is 2.90. The van der Waals surface area contributed by atoms with Crippen molar-refractivity contribution >= 4 is 41.6 Å². The lowest BCUT2D eigenvalue weighted by Gasteiger charge is -2.16. The van der Waals surface area contributed by atoms with Crippen LogP contribution in [0.5, 0.6) is 0 Å². The van der Waals surface area contributed by atoms with Gasteiger partial charge in [-0.05, 0) is 36.5 Å². The number of carbonyl (C=O) groups excluding carboxylic acids is 1. The highest BCUT2D eigenvalue weighted by Crippen LogP contribution is 2.28. The highest BCUT2D eigenvalue weighted by atomic mass is 79.9. The first-order valence-electron chi connectivity index (χ1n) is 6.57. The standard InChI is InChI=1S/C14H19BrClNO3S/c1-8(2)9(3)7-17-14(18)11-5-12(15)10(4)13(6-11)21(16,19)20/h5-6,8-9H,7H2,1-4H3,(H,17,18). The minimum atomic E-state index is -3.89. The van der Waals surface area contributed by atoms with Gasteiger partial charge in [-0.1, -0.05) is 36.7 Å². The van der Waals surface area contributed by atoms with E-state index in [1.807, 2.05) is 6.92 Å². The molecule has 1 aromatic rings. The number of carbonyl (C=O) groups is 1. The van der Waals surface area contributed by atoms with Gasteiger partial charge in [0, 0.05) is 27.3 Å². The molecule has 1 unspecified atom stereocenters. The van der Waals surface area contributed by atoms with E-state index in [-0.39, 0.29) is 16.4 Å². The van der Waals surface area contributed by atoms with E-state index in [1.165, 1.54) is 6.07 Å². The van der Waals surface area contributed by atoms with Crippen LogP contribution in [-0.4, -0.2) is 20.9 Å². The summed E-state index contributed by atoms with van der Waals surface area (Å²) in [4.78, 5) is 12.1. The van der Waals surface area contributed by atoms with Gasteiger partial charge in [0.15, 0.2) is 0 Å². The Bertz CT molecular complexity index is 644. The molecule has 1 rings (SSSR count). The van der Waals surface area contributed by atoms with Crippen molar-refractivity contribution < 1.29 is 13.2 Å². The normalized spacial score (nSPS) is 13.3. The van der Waals surface area contributed by atoms with Gasteiger partial charge >= 0.3 is 0 Å². The Morgan fingerprint density at radius 2 is 1.90 bits per heavy atom. The van der Waals surface area contributed by atoms with E-state index in [2.05, 4.69) is 35.1 Å². The molecule has 0 saturated heterocycles. The van der Waals surface area contributed by atoms with E-state index in [4.69, 9.17) is 10.7 Å². The smallest absolute Gasteiger partial charge is 0.261 e. The maximum Gasteiger partial charge on any atom is 0.261 e. The van der Waals surface area contributed by atoms with E-state index < -0.39 is 9.05 Å². The van der Waals surface area contributed by atoms with Crippen molar-refractivity contribution in [2.75, 3.05) is 6.54 Å². The van der Waals surface area contributed by atoms with Gasteiger partial charge in [-0.15, -0.1) is 0 Å². The second-order valence-electron chi connectivity index (χ2n) is 5.45. The van der Waals surface area contributed by atoms with Gasteiger partial charge in [-0.3, -0.25) is 4.79 Å². The third kappa shape index (κ3) is 4.97. The summed E-state index contributed by atoms with van der Waals surface area (Å²) in [6.45, 7) is 8.37. The summed E-state index contributed by atoms with van der Waals surface area (Å²) in [5, 5.41) is 2.81. The maximum absolute atomic E-state index is 12.1. The minimum Gasteiger partial charge on any atom is -0.352 e. The Balaban J connectivity index is 3.04. The molecular weight excluding hydrogens is 378 g/mol. The maximum atomic E-state index is 12.1. The summed E-state index contributed by atoms with van der Waals surface area (Å²) in [7, 11) is 1.51. The van der Waals surface area contributed by atoms with Crippen LogP contribution in [-0.2, 0) is 9.05 Å². The summed E-state index contributed by atoms with van der Waals surface area (Å²) in [6.07, 6.45) is 0. The number of benzene rings is 1. The van der Waals surface area contributed by atoms with Gasteiger partial charge in [-0.2, -0.15) is 0 Å². The monoisotopic (exact) mass is 395 g/mol. The second kappa shape index (κ2) is 7.11. The van der Waals surface area contributed by atoms with Crippen LogP contribution >= 0.6 is 26.6 Å². The average Bonchev–Trinajstić information content (AvgIpc) is 2.36. The molecule has 1 N–H and O–H groups in total. The van der Waals surface area contributed by atoms with Crippen LogP contribution in [0.2, 0.25) is 0 Å². The third-order valence-corrected chi connectivity index (χ3v) is 5.82. The Kier molecular flexibility index (Phi) is 6.25. The fourth-order valence-electron chi connectivity index (χ4n) is 1.63. The molecule has 7 heteroatoms. The summed E-state index contributed by atoms with van der Waals surface area (Å²) in [5.74, 6) is 0.470. The van der Waals surface area contributed by atoms with Crippen molar-refractivity contribution in [1.82, 2.24) is 5.32 Å². The topological polar surface area (TPSA) is 63.2 Å². The first kappa shape index (κ1) is 18.5. The largest absolute Gasteiger partial charge is 0.352 e. The number of hydrogen-bond donors (Lipinski definition) is 1. The van der Waals surface area contributed by atoms with Crippen LogP contribution in [0.15, 0.2) is 21.5 Å².